The van der Waals surface area contributed by atoms with Crippen LogP contribution in [0.25, 0.3) is 0 Å². The molecule has 0 radical (unpaired) electrons. The molecule has 0 saturated carbocycles. The molecule has 1 saturated heterocycles. The summed E-state index contributed by atoms with van der Waals surface area (Å²) in [6, 6.07) is 6.66. The van der Waals surface area contributed by atoms with Crippen LogP contribution in [0, 0.1) is 0 Å². The molecule has 4 nitrogen and oxygen atoms in total. The van der Waals surface area contributed by atoms with Gasteiger partial charge in [-0.15, -0.1) is 24.8 Å². The molecule has 3 heterocycles. The molecule has 2 aliphatic heterocycles. The second kappa shape index (κ2) is 7.15. The maximum absolute atomic E-state index is 12.7. The Morgan fingerprint density at radius 1 is 1.12 bits per heavy atom. The maximum atomic E-state index is 12.7. The van der Waals surface area contributed by atoms with E-state index in [-0.39, 0.29) is 30.8 Å². The van der Waals surface area contributed by atoms with Crippen LogP contribution in [0.3, 0.4) is 0 Å². The fourth-order valence-corrected chi connectivity index (χ4v) is 3.48. The Labute approximate surface area is 159 Å². The summed E-state index contributed by atoms with van der Waals surface area (Å²) in [7, 11) is 0. The first-order valence-electron chi connectivity index (χ1n) is 7.18. The predicted molar refractivity (Wildman–Crippen MR) is 94.1 cm³/mol. The van der Waals surface area contributed by atoms with Crippen molar-refractivity contribution in [3.05, 3.63) is 46.2 Å². The topological polar surface area (TPSA) is 49.8 Å². The SMILES string of the molecule is Cl.Cl.FC(F)(F)c1cnc(Nc2ccc3c(c2)C2CCC3N2)nc1Cl. The van der Waals surface area contributed by atoms with E-state index in [9.17, 15) is 13.2 Å². The molecule has 0 spiro atoms. The van der Waals surface area contributed by atoms with E-state index in [0.717, 1.165) is 18.5 Å². The Kier molecular flexibility index (Phi) is 5.73. The third kappa shape index (κ3) is 3.65. The number of aromatic nitrogens is 2. The Bertz CT molecular complexity index is 785. The summed E-state index contributed by atoms with van der Waals surface area (Å²) in [6.45, 7) is 0. The van der Waals surface area contributed by atoms with Crippen molar-refractivity contribution >= 4 is 48.1 Å². The molecule has 2 aromatic rings. The molecule has 2 unspecified atom stereocenters. The molecule has 1 aromatic carbocycles. The summed E-state index contributed by atoms with van der Waals surface area (Å²) < 4.78 is 38.0. The van der Waals surface area contributed by atoms with Gasteiger partial charge in [-0.05, 0) is 36.1 Å². The number of nitrogens with zero attached hydrogens (tertiary/aromatic N) is 2. The molecule has 0 aliphatic carbocycles. The normalized spacial score (nSPS) is 20.5. The fraction of sp³-hybridized carbons (Fsp3) is 0.333. The Morgan fingerprint density at radius 2 is 1.80 bits per heavy atom. The largest absolute Gasteiger partial charge is 0.420 e. The van der Waals surface area contributed by atoms with Gasteiger partial charge in [0.05, 0.1) is 0 Å². The van der Waals surface area contributed by atoms with Crippen molar-refractivity contribution in [3.8, 4) is 0 Å². The van der Waals surface area contributed by atoms with Gasteiger partial charge < -0.3 is 10.6 Å². The summed E-state index contributed by atoms with van der Waals surface area (Å²) in [4.78, 5) is 7.38. The van der Waals surface area contributed by atoms with Gasteiger partial charge in [0.15, 0.2) is 0 Å². The number of halogens is 6. The van der Waals surface area contributed by atoms with Crippen LogP contribution in [0.15, 0.2) is 24.4 Å². The third-order valence-electron chi connectivity index (χ3n) is 4.29. The summed E-state index contributed by atoms with van der Waals surface area (Å²) in [5, 5.41) is 5.81. The number of rotatable bonds is 2. The van der Waals surface area contributed by atoms with E-state index in [1.54, 1.807) is 0 Å². The lowest BCUT2D eigenvalue weighted by Gasteiger charge is -2.15. The summed E-state index contributed by atoms with van der Waals surface area (Å²) in [5.74, 6) is 0.0408. The van der Waals surface area contributed by atoms with Crippen molar-refractivity contribution in [2.75, 3.05) is 5.32 Å². The van der Waals surface area contributed by atoms with Gasteiger partial charge in [0.25, 0.3) is 0 Å². The Hall–Kier alpha value is -1.28. The van der Waals surface area contributed by atoms with Crippen LogP contribution >= 0.6 is 36.4 Å². The average molecular weight is 414 g/mol. The highest BCUT2D eigenvalue weighted by Crippen LogP contribution is 2.45. The van der Waals surface area contributed by atoms with Gasteiger partial charge in [0.2, 0.25) is 5.95 Å². The van der Waals surface area contributed by atoms with E-state index in [0.29, 0.717) is 18.3 Å². The zero-order chi connectivity index (χ0) is 16.2. The molecule has 2 atom stereocenters. The smallest absolute Gasteiger partial charge is 0.324 e. The summed E-state index contributed by atoms with van der Waals surface area (Å²) in [6.07, 6.45) is -1.63. The Morgan fingerprint density at radius 3 is 2.44 bits per heavy atom. The lowest BCUT2D eigenvalue weighted by Crippen LogP contribution is -2.09. The van der Waals surface area contributed by atoms with Gasteiger partial charge in [-0.3, -0.25) is 0 Å². The number of fused-ring (bicyclic) bond motifs is 5. The highest BCUT2D eigenvalue weighted by Gasteiger charge is 2.36. The van der Waals surface area contributed by atoms with E-state index in [1.807, 2.05) is 18.2 Å². The van der Waals surface area contributed by atoms with E-state index in [2.05, 4.69) is 20.6 Å². The zero-order valence-electron chi connectivity index (χ0n) is 12.6. The van der Waals surface area contributed by atoms with Crippen molar-refractivity contribution in [1.29, 1.82) is 0 Å². The van der Waals surface area contributed by atoms with Crippen molar-refractivity contribution in [2.45, 2.75) is 31.1 Å². The first-order valence-corrected chi connectivity index (χ1v) is 7.56. The Balaban J connectivity index is 0.00000113. The number of anilines is 2. The molecule has 4 rings (SSSR count). The van der Waals surface area contributed by atoms with Crippen molar-refractivity contribution in [1.82, 2.24) is 15.3 Å². The monoisotopic (exact) mass is 412 g/mol. The first-order chi connectivity index (χ1) is 10.9. The van der Waals surface area contributed by atoms with Crippen LogP contribution in [0.1, 0.15) is 41.6 Å². The van der Waals surface area contributed by atoms with E-state index in [1.165, 1.54) is 11.1 Å². The fourth-order valence-electron chi connectivity index (χ4n) is 3.25. The number of nitrogens with one attached hydrogen (secondary N) is 2. The van der Waals surface area contributed by atoms with Crippen LogP contribution in [0.2, 0.25) is 5.15 Å². The summed E-state index contributed by atoms with van der Waals surface area (Å²) in [5.41, 5.74) is 2.21. The molecular formula is C15H14Cl3F3N4. The van der Waals surface area contributed by atoms with Crippen LogP contribution in [0.4, 0.5) is 24.8 Å². The summed E-state index contributed by atoms with van der Waals surface area (Å²) >= 11 is 5.60. The molecule has 0 amide bonds. The standard InChI is InChI=1S/C15H12ClF3N4.2ClH/c16-13-10(15(17,18)19)6-20-14(23-13)21-7-1-2-8-9(5-7)12-4-3-11(8)22-12;;/h1-2,5-6,11-12,22H,3-4H2,(H,20,21,23);2*1H. The van der Waals surface area contributed by atoms with Crippen LogP contribution < -0.4 is 10.6 Å². The van der Waals surface area contributed by atoms with Crippen molar-refractivity contribution in [2.24, 2.45) is 0 Å². The van der Waals surface area contributed by atoms with Crippen LogP contribution in [-0.4, -0.2) is 9.97 Å². The molecule has 25 heavy (non-hydrogen) atoms. The van der Waals surface area contributed by atoms with E-state index in [4.69, 9.17) is 11.6 Å². The lowest BCUT2D eigenvalue weighted by atomic mass is 9.91. The zero-order valence-corrected chi connectivity index (χ0v) is 15.0. The first kappa shape index (κ1) is 20.0. The molecular weight excluding hydrogens is 400 g/mol. The lowest BCUT2D eigenvalue weighted by molar-refractivity contribution is -0.137. The maximum Gasteiger partial charge on any atom is 0.420 e. The van der Waals surface area contributed by atoms with E-state index >= 15 is 0 Å². The van der Waals surface area contributed by atoms with Gasteiger partial charge in [-0.1, -0.05) is 17.7 Å². The van der Waals surface area contributed by atoms with Gasteiger partial charge in [-0.25, -0.2) is 9.97 Å². The van der Waals surface area contributed by atoms with Gasteiger partial charge in [0.1, 0.15) is 10.7 Å². The van der Waals surface area contributed by atoms with Crippen molar-refractivity contribution in [3.63, 3.8) is 0 Å². The predicted octanol–water partition coefficient (Wildman–Crippen LogP) is 5.22. The molecule has 1 aromatic heterocycles. The van der Waals surface area contributed by atoms with Gasteiger partial charge in [-0.2, -0.15) is 13.2 Å². The number of alkyl halides is 3. The van der Waals surface area contributed by atoms with Gasteiger partial charge >= 0.3 is 6.18 Å². The second-order valence-corrected chi connectivity index (χ2v) is 6.07. The third-order valence-corrected chi connectivity index (χ3v) is 4.58. The van der Waals surface area contributed by atoms with Crippen LogP contribution in [-0.2, 0) is 6.18 Å². The highest BCUT2D eigenvalue weighted by molar-refractivity contribution is 6.30. The second-order valence-electron chi connectivity index (χ2n) is 5.71. The number of hydrogen-bond acceptors (Lipinski definition) is 4. The van der Waals surface area contributed by atoms with E-state index < -0.39 is 16.9 Å². The molecule has 1 fully saturated rings. The van der Waals surface area contributed by atoms with Crippen molar-refractivity contribution < 1.29 is 13.2 Å². The quantitative estimate of drug-likeness (QED) is 0.663. The minimum atomic E-state index is -4.56. The van der Waals surface area contributed by atoms with Gasteiger partial charge in [0, 0.05) is 24.0 Å². The highest BCUT2D eigenvalue weighted by atomic mass is 35.5. The molecule has 10 heteroatoms. The minimum absolute atomic E-state index is 0. The number of hydrogen-bond donors (Lipinski definition) is 2. The molecule has 2 bridgehead atoms. The number of benzene rings is 1. The molecule has 2 aliphatic rings. The molecule has 136 valence electrons. The average Bonchev–Trinajstić information content (AvgIpc) is 3.07. The minimum Gasteiger partial charge on any atom is -0.324 e. The van der Waals surface area contributed by atoms with Crippen LogP contribution in [0.5, 0.6) is 0 Å². The molecule has 2 N–H and O–H groups in total.